The van der Waals surface area contributed by atoms with Crippen molar-refractivity contribution < 1.29 is 4.79 Å². The molecule has 4 rings (SSSR count). The highest BCUT2D eigenvalue weighted by molar-refractivity contribution is 7.73. The van der Waals surface area contributed by atoms with E-state index in [1.807, 2.05) is 40.3 Å². The Bertz CT molecular complexity index is 1390. The molecule has 0 aliphatic heterocycles. The highest BCUT2D eigenvalue weighted by Gasteiger charge is 2.18. The molecule has 4 aromatic rings. The summed E-state index contributed by atoms with van der Waals surface area (Å²) in [6.45, 7) is 6.46. The van der Waals surface area contributed by atoms with Gasteiger partial charge < -0.3 is 10.3 Å². The number of allylic oxidation sites excluding steroid dienone is 1. The Labute approximate surface area is 198 Å². The Hall–Kier alpha value is -3.27. The van der Waals surface area contributed by atoms with Crippen molar-refractivity contribution in [3.05, 3.63) is 91.8 Å². The van der Waals surface area contributed by atoms with E-state index in [2.05, 4.69) is 48.3 Å². The first-order valence-corrected chi connectivity index (χ1v) is 11.9. The molecule has 0 fully saturated rings. The molecule has 32 heavy (non-hydrogen) atoms. The van der Waals surface area contributed by atoms with Crippen molar-refractivity contribution in [3.63, 3.8) is 0 Å². The molecule has 0 bridgehead atoms. The normalized spacial score (nSPS) is 11.5. The van der Waals surface area contributed by atoms with Crippen molar-refractivity contribution in [3.8, 4) is 16.9 Å². The van der Waals surface area contributed by atoms with Crippen LogP contribution in [0.3, 0.4) is 0 Å². The number of nitrogens with two attached hydrogens (primary N) is 1. The molecule has 0 unspecified atom stereocenters. The van der Waals surface area contributed by atoms with Gasteiger partial charge in [0.1, 0.15) is 10.7 Å². The van der Waals surface area contributed by atoms with Gasteiger partial charge in [0.2, 0.25) is 4.80 Å². The molecule has 0 atom stereocenters. The Morgan fingerprint density at radius 2 is 1.94 bits per heavy atom. The fraction of sp³-hybridized carbons (Fsp3) is 0.0870. The van der Waals surface area contributed by atoms with Crippen molar-refractivity contribution >= 4 is 46.6 Å². The summed E-state index contributed by atoms with van der Waals surface area (Å²) in [5.74, 6) is -0.104. The fourth-order valence-electron chi connectivity index (χ4n) is 3.20. The van der Waals surface area contributed by atoms with E-state index in [0.717, 1.165) is 28.3 Å². The van der Waals surface area contributed by atoms with Crippen molar-refractivity contribution in [2.24, 2.45) is 5.10 Å². The zero-order chi connectivity index (χ0) is 22.7. The van der Waals surface area contributed by atoms with Crippen LogP contribution in [0, 0.1) is 10.9 Å². The van der Waals surface area contributed by atoms with Gasteiger partial charge in [0.25, 0.3) is 5.91 Å². The Morgan fingerprint density at radius 3 is 2.62 bits per heavy atom. The van der Waals surface area contributed by atoms with Crippen LogP contribution in [0.1, 0.15) is 15.2 Å². The van der Waals surface area contributed by atoms with Crippen LogP contribution in [0.25, 0.3) is 16.9 Å². The topological polar surface area (TPSA) is 77.3 Å². The van der Waals surface area contributed by atoms with Gasteiger partial charge in [-0.1, -0.05) is 65.4 Å². The number of aryl methyl sites for hydroxylation is 1. The van der Waals surface area contributed by atoms with Gasteiger partial charge in [-0.05, 0) is 36.8 Å². The minimum atomic E-state index is -0.399. The number of aromatic nitrogens is 2. The Morgan fingerprint density at radius 1 is 1.22 bits per heavy atom. The highest BCUT2D eigenvalue weighted by Crippen LogP contribution is 2.26. The second-order valence-corrected chi connectivity index (χ2v) is 9.46. The van der Waals surface area contributed by atoms with Crippen LogP contribution in [-0.4, -0.2) is 15.0 Å². The van der Waals surface area contributed by atoms with Gasteiger partial charge in [-0.2, -0.15) is 0 Å². The summed E-state index contributed by atoms with van der Waals surface area (Å²) in [5, 5.41) is 6.38. The molecule has 0 aliphatic rings. The number of hydrogen-bond acceptors (Lipinski definition) is 6. The zero-order valence-corrected chi connectivity index (χ0v) is 19.8. The lowest BCUT2D eigenvalue weighted by atomic mass is 10.1. The van der Waals surface area contributed by atoms with Crippen molar-refractivity contribution in [2.75, 3.05) is 5.73 Å². The van der Waals surface area contributed by atoms with E-state index in [9.17, 15) is 4.79 Å². The van der Waals surface area contributed by atoms with Crippen LogP contribution in [-0.2, 0) is 6.54 Å². The van der Waals surface area contributed by atoms with Crippen molar-refractivity contribution in [2.45, 2.75) is 13.5 Å². The third-order valence-electron chi connectivity index (χ3n) is 4.78. The maximum atomic E-state index is 12.9. The number of para-hydroxylation sites is 1. The summed E-state index contributed by atoms with van der Waals surface area (Å²) in [4.78, 5) is 13.8. The molecule has 2 aromatic heterocycles. The fourth-order valence-corrected chi connectivity index (χ4v) is 5.33. The molecule has 1 amide bonds. The Balaban J connectivity index is 1.65. The number of nitrogen functional groups attached to an aromatic ring is 1. The summed E-state index contributed by atoms with van der Waals surface area (Å²) < 4.78 is 4.19. The van der Waals surface area contributed by atoms with Crippen LogP contribution in [0.15, 0.2) is 77.7 Å². The quantitative estimate of drug-likeness (QED) is 0.229. The van der Waals surface area contributed by atoms with E-state index in [1.54, 1.807) is 10.6 Å². The molecule has 2 aromatic carbocycles. The number of anilines is 1. The van der Waals surface area contributed by atoms with Crippen LogP contribution in [0.2, 0.25) is 0 Å². The largest absolute Gasteiger partial charge is 0.383 e. The van der Waals surface area contributed by atoms with E-state index >= 15 is 0 Å². The molecule has 0 spiro atoms. The van der Waals surface area contributed by atoms with Crippen LogP contribution in [0.4, 0.5) is 5.82 Å². The third-order valence-corrected chi connectivity index (χ3v) is 7.03. The second-order valence-electron chi connectivity index (χ2n) is 6.97. The van der Waals surface area contributed by atoms with Crippen molar-refractivity contribution in [1.29, 1.82) is 0 Å². The molecule has 0 saturated heterocycles. The number of rotatable bonds is 6. The summed E-state index contributed by atoms with van der Waals surface area (Å²) in [5.41, 5.74) is 13.0. The summed E-state index contributed by atoms with van der Waals surface area (Å²) in [6, 6.07) is 17.7. The number of benzene rings is 2. The van der Waals surface area contributed by atoms with E-state index in [1.165, 1.54) is 16.9 Å². The molecule has 162 valence electrons. The molecule has 2 heterocycles. The van der Waals surface area contributed by atoms with Gasteiger partial charge in [0, 0.05) is 17.6 Å². The maximum absolute atomic E-state index is 12.9. The smallest absolute Gasteiger partial charge is 0.285 e. The SMILES string of the molecule is C=CCn1c(-c2ccc(C)cc2)cs/c1=N/NC(=O)c1sc(=S)n(-c2ccccc2)c1N. The van der Waals surface area contributed by atoms with Crippen LogP contribution < -0.4 is 16.0 Å². The van der Waals surface area contributed by atoms with Gasteiger partial charge >= 0.3 is 0 Å². The first-order chi connectivity index (χ1) is 15.5. The lowest BCUT2D eigenvalue weighted by molar-refractivity contribution is 0.0957. The minimum absolute atomic E-state index is 0.296. The third kappa shape index (κ3) is 4.36. The van der Waals surface area contributed by atoms with Crippen LogP contribution in [0.5, 0.6) is 0 Å². The van der Waals surface area contributed by atoms with Crippen LogP contribution >= 0.6 is 34.9 Å². The molecule has 0 saturated carbocycles. The lowest BCUT2D eigenvalue weighted by Crippen LogP contribution is -2.24. The highest BCUT2D eigenvalue weighted by atomic mass is 32.1. The minimum Gasteiger partial charge on any atom is -0.383 e. The molecular formula is C23H21N5OS3. The number of amides is 1. The maximum Gasteiger partial charge on any atom is 0.285 e. The average molecular weight is 480 g/mol. The van der Waals surface area contributed by atoms with Gasteiger partial charge in [0.05, 0.1) is 5.69 Å². The predicted molar refractivity (Wildman–Crippen MR) is 135 cm³/mol. The standard InChI is InChI=1S/C23H21N5OS3/c1-3-13-27-18(16-11-9-15(2)10-12-16)14-31-22(27)26-25-21(29)19-20(24)28(23(30)32-19)17-7-5-4-6-8-17/h3-12,14H,1,13,24H2,2H3,(H,25,29)/b26-22+. The molecule has 0 radical (unpaired) electrons. The number of carbonyl (C=O) groups excluding carboxylic acids is 1. The monoisotopic (exact) mass is 479 g/mol. The summed E-state index contributed by atoms with van der Waals surface area (Å²) >= 11 is 8.04. The number of thiazole rings is 2. The number of nitrogens with zero attached hydrogens (tertiary/aromatic N) is 3. The van der Waals surface area contributed by atoms with Crippen molar-refractivity contribution in [1.82, 2.24) is 14.6 Å². The molecule has 3 N–H and O–H groups in total. The van der Waals surface area contributed by atoms with E-state index in [0.29, 0.717) is 26.0 Å². The first kappa shape index (κ1) is 21.9. The lowest BCUT2D eigenvalue weighted by Gasteiger charge is -2.07. The van der Waals surface area contributed by atoms with Gasteiger partial charge in [-0.25, -0.2) is 5.43 Å². The number of nitrogens with one attached hydrogen (secondary N) is 1. The number of carbonyl (C=O) groups is 1. The molecule has 9 heteroatoms. The second kappa shape index (κ2) is 9.47. The average Bonchev–Trinajstić information content (AvgIpc) is 3.33. The summed E-state index contributed by atoms with van der Waals surface area (Å²) in [6.07, 6.45) is 1.80. The Kier molecular flexibility index (Phi) is 6.50. The van der Waals surface area contributed by atoms with E-state index in [4.69, 9.17) is 18.0 Å². The van der Waals surface area contributed by atoms with Gasteiger partial charge in [-0.3, -0.25) is 9.36 Å². The molecular weight excluding hydrogens is 458 g/mol. The summed E-state index contributed by atoms with van der Waals surface area (Å²) in [7, 11) is 0. The molecule has 6 nitrogen and oxygen atoms in total. The van der Waals surface area contributed by atoms with Gasteiger partial charge in [-0.15, -0.1) is 23.0 Å². The first-order valence-electron chi connectivity index (χ1n) is 9.76. The van der Waals surface area contributed by atoms with Gasteiger partial charge in [0.15, 0.2) is 3.95 Å². The predicted octanol–water partition coefficient (Wildman–Crippen LogP) is 5.12. The zero-order valence-electron chi connectivity index (χ0n) is 17.3. The van der Waals surface area contributed by atoms with E-state index < -0.39 is 5.91 Å². The van der Waals surface area contributed by atoms with E-state index in [-0.39, 0.29) is 0 Å². The number of hydrogen-bond donors (Lipinski definition) is 2. The molecule has 0 aliphatic carbocycles.